The van der Waals surface area contributed by atoms with Crippen molar-refractivity contribution in [3.63, 3.8) is 0 Å². The van der Waals surface area contributed by atoms with Crippen LogP contribution >= 0.6 is 23.1 Å². The van der Waals surface area contributed by atoms with Gasteiger partial charge in [-0.3, -0.25) is 0 Å². The molecule has 3 rings (SSSR count). The molecule has 1 aliphatic rings. The fraction of sp³-hybridized carbons (Fsp3) is 0.385. The molecular formula is C13H13ClN2OS. The van der Waals surface area contributed by atoms with Crippen molar-refractivity contribution >= 4 is 23.1 Å². The van der Waals surface area contributed by atoms with Crippen molar-refractivity contribution in [1.82, 2.24) is 9.36 Å². The molecule has 0 amide bonds. The first-order chi connectivity index (χ1) is 8.76. The van der Waals surface area contributed by atoms with Gasteiger partial charge < -0.3 is 4.74 Å². The standard InChI is InChI=1S/C13H13ClN2OS/c1-2-8-7-10(5-6-11(8)14)17-13-15-12(16-18-13)9-3-4-9/h5-7,9H,2-4H2,1H3. The molecule has 1 fully saturated rings. The minimum absolute atomic E-state index is 0.565. The van der Waals surface area contributed by atoms with E-state index in [0.717, 1.165) is 28.6 Å². The monoisotopic (exact) mass is 280 g/mol. The molecular weight excluding hydrogens is 268 g/mol. The number of ether oxygens (including phenoxy) is 1. The molecule has 0 saturated heterocycles. The summed E-state index contributed by atoms with van der Waals surface area (Å²) in [5, 5.41) is 1.39. The van der Waals surface area contributed by atoms with Gasteiger partial charge in [-0.2, -0.15) is 9.36 Å². The summed E-state index contributed by atoms with van der Waals surface area (Å²) >= 11 is 7.39. The molecule has 0 atom stereocenters. The van der Waals surface area contributed by atoms with E-state index < -0.39 is 0 Å². The second kappa shape index (κ2) is 4.86. The highest BCUT2D eigenvalue weighted by molar-refractivity contribution is 7.07. The number of aromatic nitrogens is 2. The van der Waals surface area contributed by atoms with Gasteiger partial charge in [-0.05, 0) is 43.0 Å². The lowest BCUT2D eigenvalue weighted by Gasteiger charge is -2.05. The largest absolute Gasteiger partial charge is 0.430 e. The van der Waals surface area contributed by atoms with E-state index in [0.29, 0.717) is 11.1 Å². The molecule has 2 aromatic rings. The molecule has 0 unspecified atom stereocenters. The molecule has 0 radical (unpaired) electrons. The van der Waals surface area contributed by atoms with Crippen molar-refractivity contribution in [2.75, 3.05) is 0 Å². The Morgan fingerprint density at radius 3 is 3.00 bits per heavy atom. The molecule has 0 spiro atoms. The van der Waals surface area contributed by atoms with Crippen molar-refractivity contribution in [2.45, 2.75) is 32.1 Å². The van der Waals surface area contributed by atoms with Gasteiger partial charge in [0.15, 0.2) is 0 Å². The third-order valence-corrected chi connectivity index (χ3v) is 3.95. The quantitative estimate of drug-likeness (QED) is 0.831. The molecule has 0 bridgehead atoms. The predicted octanol–water partition coefficient (Wildman–Crippen LogP) is 4.42. The first-order valence-corrected chi connectivity index (χ1v) is 7.21. The zero-order valence-electron chi connectivity index (χ0n) is 10.0. The Hall–Kier alpha value is -1.13. The molecule has 1 saturated carbocycles. The van der Waals surface area contributed by atoms with Gasteiger partial charge in [0.25, 0.3) is 5.19 Å². The summed E-state index contributed by atoms with van der Waals surface area (Å²) in [6.45, 7) is 2.07. The lowest BCUT2D eigenvalue weighted by atomic mass is 10.2. The van der Waals surface area contributed by atoms with Crippen molar-refractivity contribution in [3.05, 3.63) is 34.6 Å². The summed E-state index contributed by atoms with van der Waals surface area (Å²) in [5.74, 6) is 2.27. The summed E-state index contributed by atoms with van der Waals surface area (Å²) in [6, 6.07) is 5.68. The lowest BCUT2D eigenvalue weighted by Crippen LogP contribution is -1.88. The number of aryl methyl sites for hydroxylation is 1. The Labute approximate surface area is 115 Å². The highest BCUT2D eigenvalue weighted by Gasteiger charge is 2.28. The molecule has 3 nitrogen and oxygen atoms in total. The number of rotatable bonds is 4. The zero-order valence-corrected chi connectivity index (χ0v) is 11.6. The Bertz CT molecular complexity index is 566. The maximum absolute atomic E-state index is 6.07. The van der Waals surface area contributed by atoms with Gasteiger partial charge in [0.2, 0.25) is 0 Å². The van der Waals surface area contributed by atoms with E-state index in [2.05, 4.69) is 16.3 Å². The maximum Gasteiger partial charge on any atom is 0.298 e. The van der Waals surface area contributed by atoms with Crippen LogP contribution in [0.1, 0.15) is 37.1 Å². The van der Waals surface area contributed by atoms with Crippen LogP contribution in [0.25, 0.3) is 0 Å². The smallest absolute Gasteiger partial charge is 0.298 e. The normalized spacial score (nSPS) is 14.8. The van der Waals surface area contributed by atoms with Crippen LogP contribution in [0.2, 0.25) is 5.02 Å². The topological polar surface area (TPSA) is 35.0 Å². The van der Waals surface area contributed by atoms with Crippen LogP contribution in [0, 0.1) is 0 Å². The third-order valence-electron chi connectivity index (χ3n) is 2.97. The Morgan fingerprint density at radius 1 is 1.44 bits per heavy atom. The molecule has 0 N–H and O–H groups in total. The van der Waals surface area contributed by atoms with Gasteiger partial charge >= 0.3 is 0 Å². The molecule has 94 valence electrons. The van der Waals surface area contributed by atoms with Crippen LogP contribution < -0.4 is 4.74 Å². The van der Waals surface area contributed by atoms with Crippen LogP contribution in [0.5, 0.6) is 10.9 Å². The zero-order chi connectivity index (χ0) is 12.5. The van der Waals surface area contributed by atoms with Gasteiger partial charge in [0.1, 0.15) is 11.6 Å². The molecule has 1 heterocycles. The van der Waals surface area contributed by atoms with Crippen molar-refractivity contribution < 1.29 is 4.74 Å². The van der Waals surface area contributed by atoms with E-state index in [1.165, 1.54) is 24.4 Å². The number of halogens is 1. The highest BCUT2D eigenvalue weighted by Crippen LogP contribution is 2.40. The van der Waals surface area contributed by atoms with Gasteiger partial charge in [-0.25, -0.2) is 0 Å². The van der Waals surface area contributed by atoms with E-state index in [1.807, 2.05) is 18.2 Å². The fourth-order valence-corrected chi connectivity index (χ4v) is 2.64. The predicted molar refractivity (Wildman–Crippen MR) is 72.8 cm³/mol. The van der Waals surface area contributed by atoms with Gasteiger partial charge in [-0.1, -0.05) is 18.5 Å². The average molecular weight is 281 g/mol. The average Bonchev–Trinajstić information content (AvgIpc) is 3.13. The molecule has 1 aliphatic carbocycles. The Morgan fingerprint density at radius 2 is 2.28 bits per heavy atom. The summed E-state index contributed by atoms with van der Waals surface area (Å²) in [6.07, 6.45) is 3.30. The van der Waals surface area contributed by atoms with E-state index in [9.17, 15) is 0 Å². The summed E-state index contributed by atoms with van der Waals surface area (Å²) in [7, 11) is 0. The van der Waals surface area contributed by atoms with Gasteiger partial charge in [0, 0.05) is 22.5 Å². The van der Waals surface area contributed by atoms with Crippen LogP contribution in [-0.4, -0.2) is 9.36 Å². The van der Waals surface area contributed by atoms with E-state index in [4.69, 9.17) is 16.3 Å². The minimum Gasteiger partial charge on any atom is -0.430 e. The molecule has 18 heavy (non-hydrogen) atoms. The number of hydrogen-bond donors (Lipinski definition) is 0. The first kappa shape index (κ1) is 11.9. The minimum atomic E-state index is 0.565. The second-order valence-corrected chi connectivity index (χ2v) is 5.52. The van der Waals surface area contributed by atoms with Crippen LogP contribution in [0.4, 0.5) is 0 Å². The Balaban J connectivity index is 1.78. The maximum atomic E-state index is 6.07. The van der Waals surface area contributed by atoms with E-state index in [1.54, 1.807) is 0 Å². The lowest BCUT2D eigenvalue weighted by molar-refractivity contribution is 0.476. The number of nitrogens with zero attached hydrogens (tertiary/aromatic N) is 2. The SMILES string of the molecule is CCc1cc(Oc2nc(C3CC3)ns2)ccc1Cl. The van der Waals surface area contributed by atoms with Crippen molar-refractivity contribution in [1.29, 1.82) is 0 Å². The van der Waals surface area contributed by atoms with Gasteiger partial charge in [0.05, 0.1) is 0 Å². The number of hydrogen-bond acceptors (Lipinski definition) is 4. The summed E-state index contributed by atoms with van der Waals surface area (Å²) < 4.78 is 10.0. The van der Waals surface area contributed by atoms with Crippen LogP contribution in [0.3, 0.4) is 0 Å². The molecule has 0 aliphatic heterocycles. The molecule has 1 aromatic carbocycles. The Kier molecular flexibility index (Phi) is 3.22. The third kappa shape index (κ3) is 2.49. The molecule has 1 aromatic heterocycles. The molecule has 5 heteroatoms. The van der Waals surface area contributed by atoms with Crippen molar-refractivity contribution in [2.24, 2.45) is 0 Å². The van der Waals surface area contributed by atoms with Crippen LogP contribution in [-0.2, 0) is 6.42 Å². The van der Waals surface area contributed by atoms with E-state index >= 15 is 0 Å². The second-order valence-electron chi connectivity index (χ2n) is 4.40. The summed E-state index contributed by atoms with van der Waals surface area (Å²) in [4.78, 5) is 4.40. The van der Waals surface area contributed by atoms with Gasteiger partial charge in [-0.15, -0.1) is 0 Å². The first-order valence-electron chi connectivity index (χ1n) is 6.06. The fourth-order valence-electron chi connectivity index (χ4n) is 1.76. The van der Waals surface area contributed by atoms with Crippen molar-refractivity contribution in [3.8, 4) is 10.9 Å². The number of benzene rings is 1. The van der Waals surface area contributed by atoms with Crippen LogP contribution in [0.15, 0.2) is 18.2 Å². The van der Waals surface area contributed by atoms with E-state index in [-0.39, 0.29) is 0 Å². The summed E-state index contributed by atoms with van der Waals surface area (Å²) in [5.41, 5.74) is 1.08. The highest BCUT2D eigenvalue weighted by atomic mass is 35.5.